The maximum absolute atomic E-state index is 3.81. The number of hydrogen-bond donors (Lipinski definition) is 0. The molecule has 0 amide bonds. The van der Waals surface area contributed by atoms with Gasteiger partial charge < -0.3 is 0 Å². The number of hydrogen-bond acceptors (Lipinski definition) is 2. The van der Waals surface area contributed by atoms with Crippen molar-refractivity contribution in [2.75, 3.05) is 0 Å². The molecule has 6 aromatic carbocycles. The maximum Gasteiger partial charge on any atom is 0.116 e. The Morgan fingerprint density at radius 2 is 0.558 bits per heavy atom. The Morgan fingerprint density at radius 1 is 0.288 bits per heavy atom. The van der Waals surface area contributed by atoms with Crippen molar-refractivity contribution in [3.63, 3.8) is 0 Å². The monoisotopic (exact) mass is 698 g/mol. The van der Waals surface area contributed by atoms with Gasteiger partial charge in [-0.1, -0.05) is 181 Å². The molecule has 0 radical (unpaired) electrons. The van der Waals surface area contributed by atoms with Gasteiger partial charge >= 0.3 is 0 Å². The molecule has 246 valence electrons. The van der Waals surface area contributed by atoms with Crippen LogP contribution < -0.4 is 0 Å². The van der Waals surface area contributed by atoms with E-state index in [4.69, 9.17) is 0 Å². The third-order valence-electron chi connectivity index (χ3n) is 9.36. The van der Waals surface area contributed by atoms with Gasteiger partial charge in [-0.2, -0.15) is 0 Å². The second-order valence-corrected chi connectivity index (χ2v) is 14.7. The number of rotatable bonds is 7. The third-order valence-corrected chi connectivity index (χ3v) is 12.0. The van der Waals surface area contributed by atoms with E-state index in [1.54, 1.807) is 0 Å². The summed E-state index contributed by atoms with van der Waals surface area (Å²) in [6, 6.07) is 72.4. The Hall–Kier alpha value is -6.16. The predicted octanol–water partition coefficient (Wildman–Crippen LogP) is 12.2. The molecule has 8 rings (SSSR count). The minimum absolute atomic E-state index is 0.666. The van der Waals surface area contributed by atoms with Crippen molar-refractivity contribution in [2.45, 2.75) is 10.8 Å². The number of thiophene rings is 2. The van der Waals surface area contributed by atoms with Gasteiger partial charge in [-0.15, -0.1) is 22.7 Å². The van der Waals surface area contributed by atoms with Crippen LogP contribution >= 0.6 is 22.7 Å². The van der Waals surface area contributed by atoms with Gasteiger partial charge in [-0.3, -0.25) is 0 Å². The van der Waals surface area contributed by atoms with E-state index in [-0.39, 0.29) is 0 Å². The molecule has 2 heterocycles. The van der Waals surface area contributed by atoms with E-state index in [1.165, 1.54) is 19.5 Å². The van der Waals surface area contributed by atoms with Gasteiger partial charge in [0.1, 0.15) is 10.8 Å². The second kappa shape index (κ2) is 15.0. The fourth-order valence-corrected chi connectivity index (χ4v) is 9.27. The second-order valence-electron chi connectivity index (χ2n) is 12.5. The van der Waals surface area contributed by atoms with Crippen LogP contribution in [-0.2, 0) is 10.8 Å². The third kappa shape index (κ3) is 6.43. The lowest BCUT2D eigenvalue weighted by atomic mass is 9.73. The van der Waals surface area contributed by atoms with Gasteiger partial charge in [0.05, 0.1) is 0 Å². The van der Waals surface area contributed by atoms with Crippen molar-refractivity contribution in [3.8, 4) is 33.4 Å². The average molecular weight is 699 g/mol. The summed E-state index contributed by atoms with van der Waals surface area (Å²) in [5.74, 6) is 14.8. The Labute approximate surface area is 314 Å². The molecule has 0 spiro atoms. The quantitative estimate of drug-likeness (QED) is 0.145. The van der Waals surface area contributed by atoms with E-state index in [9.17, 15) is 0 Å². The SMILES string of the molecule is C(#CC(c1ccccc1)(c1ccccc1)c1ccc(-c2ccc(C(C#Cc3ccccc3)(c3ccccc3)c3ccccc3)s2)s1)c1ccccc1. The molecular formula is C50H34S2. The number of benzene rings is 6. The molecule has 0 aliphatic carbocycles. The van der Waals surface area contributed by atoms with E-state index in [0.717, 1.165) is 33.4 Å². The molecule has 0 bridgehead atoms. The van der Waals surface area contributed by atoms with Crippen LogP contribution in [0.25, 0.3) is 9.75 Å². The molecule has 0 unspecified atom stereocenters. The molecule has 0 N–H and O–H groups in total. The summed E-state index contributed by atoms with van der Waals surface area (Å²) < 4.78 is 0. The molecule has 0 saturated carbocycles. The van der Waals surface area contributed by atoms with Crippen molar-refractivity contribution < 1.29 is 0 Å². The van der Waals surface area contributed by atoms with Gasteiger partial charge in [-0.25, -0.2) is 0 Å². The highest BCUT2D eigenvalue weighted by Gasteiger charge is 2.38. The topological polar surface area (TPSA) is 0 Å². The Morgan fingerprint density at radius 3 is 0.846 bits per heavy atom. The van der Waals surface area contributed by atoms with Gasteiger partial charge in [0.15, 0.2) is 0 Å². The van der Waals surface area contributed by atoms with Crippen molar-refractivity contribution in [3.05, 3.63) is 249 Å². The van der Waals surface area contributed by atoms with Gasteiger partial charge in [-0.05, 0) is 70.8 Å². The highest BCUT2D eigenvalue weighted by molar-refractivity contribution is 7.22. The Kier molecular flexibility index (Phi) is 9.51. The van der Waals surface area contributed by atoms with Crippen molar-refractivity contribution in [1.29, 1.82) is 0 Å². The highest BCUT2D eigenvalue weighted by atomic mass is 32.1. The van der Waals surface area contributed by atoms with E-state index in [1.807, 2.05) is 59.1 Å². The molecule has 0 saturated heterocycles. The fourth-order valence-electron chi connectivity index (χ4n) is 6.79. The van der Waals surface area contributed by atoms with Crippen molar-refractivity contribution >= 4 is 22.7 Å². The summed E-state index contributed by atoms with van der Waals surface area (Å²) in [6.07, 6.45) is 0. The lowest BCUT2D eigenvalue weighted by Gasteiger charge is -2.29. The molecule has 0 nitrogen and oxygen atoms in total. The zero-order valence-corrected chi connectivity index (χ0v) is 30.1. The van der Waals surface area contributed by atoms with Gasteiger partial charge in [0.2, 0.25) is 0 Å². The first-order valence-electron chi connectivity index (χ1n) is 17.4. The standard InChI is InChI=1S/C50H34S2/c1-7-19-39(20-8-1)35-37-49(41-23-11-3-12-24-41,42-25-13-4-14-26-42)47-33-31-45(51-47)46-32-34-48(52-46)50(43-27-15-5-16-28-43,44-29-17-6-18-30-44)38-36-40-21-9-2-10-22-40/h1-34H. The summed E-state index contributed by atoms with van der Waals surface area (Å²) in [7, 11) is 0. The summed E-state index contributed by atoms with van der Waals surface area (Å²) in [4.78, 5) is 4.77. The first-order chi connectivity index (χ1) is 25.8. The van der Waals surface area contributed by atoms with E-state index < -0.39 is 10.8 Å². The fraction of sp³-hybridized carbons (Fsp3) is 0.0400. The molecule has 2 heteroatoms. The lowest BCUT2D eigenvalue weighted by molar-refractivity contribution is 0.830. The van der Waals surface area contributed by atoms with Crippen LogP contribution in [0.4, 0.5) is 0 Å². The van der Waals surface area contributed by atoms with Crippen LogP contribution in [0.2, 0.25) is 0 Å². The van der Waals surface area contributed by atoms with Crippen LogP contribution in [0, 0.1) is 23.7 Å². The van der Waals surface area contributed by atoms with Crippen LogP contribution in [-0.4, -0.2) is 0 Å². The summed E-state index contributed by atoms with van der Waals surface area (Å²) >= 11 is 3.63. The van der Waals surface area contributed by atoms with Crippen molar-refractivity contribution in [2.24, 2.45) is 0 Å². The van der Waals surface area contributed by atoms with E-state index in [0.29, 0.717) is 0 Å². The smallest absolute Gasteiger partial charge is 0.116 e. The van der Waals surface area contributed by atoms with Crippen LogP contribution in [0.3, 0.4) is 0 Å². The van der Waals surface area contributed by atoms with E-state index in [2.05, 4.69) is 194 Å². The zero-order chi connectivity index (χ0) is 35.1. The molecule has 0 fully saturated rings. The minimum Gasteiger partial charge on any atom is -0.137 e. The summed E-state index contributed by atoms with van der Waals surface area (Å²) in [5.41, 5.74) is 5.24. The molecular weight excluding hydrogens is 665 g/mol. The zero-order valence-electron chi connectivity index (χ0n) is 28.4. The highest BCUT2D eigenvalue weighted by Crippen LogP contribution is 2.48. The van der Waals surface area contributed by atoms with E-state index >= 15 is 0 Å². The van der Waals surface area contributed by atoms with Gasteiger partial charge in [0, 0.05) is 30.6 Å². The van der Waals surface area contributed by atoms with Gasteiger partial charge in [0.25, 0.3) is 0 Å². The Balaban J connectivity index is 1.30. The van der Waals surface area contributed by atoms with Crippen LogP contribution in [0.1, 0.15) is 43.1 Å². The summed E-state index contributed by atoms with van der Waals surface area (Å²) in [6.45, 7) is 0. The molecule has 0 aliphatic rings. The average Bonchev–Trinajstić information content (AvgIpc) is 3.93. The minimum atomic E-state index is -0.666. The van der Waals surface area contributed by atoms with Crippen LogP contribution in [0.15, 0.2) is 206 Å². The maximum atomic E-state index is 3.81. The van der Waals surface area contributed by atoms with Crippen LogP contribution in [0.5, 0.6) is 0 Å². The lowest BCUT2D eigenvalue weighted by Crippen LogP contribution is -2.26. The Bertz CT molecular complexity index is 2230. The molecule has 0 atom stereocenters. The summed E-state index contributed by atoms with van der Waals surface area (Å²) in [5, 5.41) is 0. The normalized spacial score (nSPS) is 11.2. The predicted molar refractivity (Wildman–Crippen MR) is 220 cm³/mol. The first-order valence-corrected chi connectivity index (χ1v) is 19.0. The molecule has 2 aromatic heterocycles. The first kappa shape index (κ1) is 33.0. The molecule has 0 aliphatic heterocycles. The van der Waals surface area contributed by atoms with Crippen molar-refractivity contribution in [1.82, 2.24) is 0 Å². The largest absolute Gasteiger partial charge is 0.137 e. The molecule has 52 heavy (non-hydrogen) atoms. The molecule has 8 aromatic rings.